The maximum Gasteiger partial charge on any atom is 0.266 e. The highest BCUT2D eigenvalue weighted by molar-refractivity contribution is 9.10. The van der Waals surface area contributed by atoms with Crippen LogP contribution >= 0.6 is 62.1 Å². The van der Waals surface area contributed by atoms with E-state index in [1.165, 1.54) is 46.8 Å². The van der Waals surface area contributed by atoms with Crippen molar-refractivity contribution in [2.24, 2.45) is 0 Å². The van der Waals surface area contributed by atoms with Crippen LogP contribution < -0.4 is 9.62 Å². The zero-order chi connectivity index (χ0) is 26.9. The van der Waals surface area contributed by atoms with E-state index in [1.54, 1.807) is 0 Å². The van der Waals surface area contributed by atoms with Crippen molar-refractivity contribution < 1.29 is 26.7 Å². The van der Waals surface area contributed by atoms with Gasteiger partial charge in [-0.2, -0.15) is 4.31 Å². The number of carbonyl (C=O) groups excluding carboxylic acids is 1. The molecule has 1 atom stereocenters. The van der Waals surface area contributed by atoms with Gasteiger partial charge in [-0.15, -0.1) is 11.3 Å². The minimum atomic E-state index is -3.70. The number of anilines is 3. The summed E-state index contributed by atoms with van der Waals surface area (Å²) in [6, 6.07) is 9.86. The van der Waals surface area contributed by atoms with Gasteiger partial charge < -0.3 is 10.1 Å². The summed E-state index contributed by atoms with van der Waals surface area (Å²) in [5, 5.41) is 2.87. The van der Waals surface area contributed by atoms with Crippen LogP contribution in [0.5, 0.6) is 0 Å². The number of benzene rings is 2. The van der Waals surface area contributed by atoms with Crippen LogP contribution in [0.3, 0.4) is 0 Å². The van der Waals surface area contributed by atoms with Crippen LogP contribution in [0.15, 0.2) is 51.8 Å². The molecule has 37 heavy (non-hydrogen) atoms. The monoisotopic (exact) mass is 687 g/mol. The molecule has 1 fully saturated rings. The Morgan fingerprint density at radius 3 is 2.32 bits per heavy atom. The third-order valence-electron chi connectivity index (χ3n) is 5.25. The zero-order valence-electron chi connectivity index (χ0n) is 18.5. The van der Waals surface area contributed by atoms with E-state index in [9.17, 15) is 22.0 Å². The van der Waals surface area contributed by atoms with Crippen molar-refractivity contribution in [3.05, 3.63) is 66.2 Å². The quantitative estimate of drug-likeness (QED) is 0.294. The van der Waals surface area contributed by atoms with Crippen LogP contribution in [0.4, 0.5) is 17.1 Å². The first-order valence-corrected chi connectivity index (χ1v) is 15.6. The van der Waals surface area contributed by atoms with Crippen LogP contribution in [0.1, 0.15) is 10.4 Å². The highest BCUT2D eigenvalue weighted by atomic mass is 79.9. The van der Waals surface area contributed by atoms with Crippen molar-refractivity contribution in [1.29, 1.82) is 0 Å². The summed E-state index contributed by atoms with van der Waals surface area (Å²) in [4.78, 5) is 13.3. The summed E-state index contributed by atoms with van der Waals surface area (Å²) < 4.78 is 56.3. The third kappa shape index (κ3) is 6.16. The number of hydrogen-bond acceptors (Lipinski definition) is 6. The minimum Gasteiger partial charge on any atom is -0.379 e. The number of carbonyl (C=O) groups is 1. The average Bonchev–Trinajstić information content (AvgIpc) is 3.12. The molecule has 2 N–H and O–H groups in total. The highest BCUT2D eigenvalue weighted by Gasteiger charge is 2.29. The highest BCUT2D eigenvalue weighted by Crippen LogP contribution is 2.49. The maximum absolute atomic E-state index is 13.3. The molecule has 3 aromatic rings. The van der Waals surface area contributed by atoms with Gasteiger partial charge in [0, 0.05) is 23.8 Å². The lowest BCUT2D eigenvalue weighted by atomic mass is 10.1. The largest absolute Gasteiger partial charge is 0.379 e. The predicted molar refractivity (Wildman–Crippen MR) is 150 cm³/mol. The van der Waals surface area contributed by atoms with Gasteiger partial charge in [-0.3, -0.25) is 9.35 Å². The molecule has 2 aromatic carbocycles. The maximum atomic E-state index is 13.3. The normalized spacial score (nSPS) is 15.4. The van der Waals surface area contributed by atoms with Crippen LogP contribution in [-0.2, 0) is 26.0 Å². The van der Waals surface area contributed by atoms with Gasteiger partial charge in [-0.1, -0.05) is 34.8 Å². The molecule has 0 bridgehead atoms. The summed E-state index contributed by atoms with van der Waals surface area (Å²) in [6.07, 6.45) is 0. The van der Waals surface area contributed by atoms with E-state index < -0.39 is 27.2 Å². The molecule has 9 nitrogen and oxygen atoms in total. The number of ether oxygens (including phenoxy) is 1. The van der Waals surface area contributed by atoms with Gasteiger partial charge in [-0.25, -0.2) is 16.9 Å². The van der Waals surface area contributed by atoms with E-state index in [1.807, 2.05) is 0 Å². The number of halogens is 4. The van der Waals surface area contributed by atoms with Gasteiger partial charge >= 0.3 is 0 Å². The number of morpholine rings is 1. The van der Waals surface area contributed by atoms with E-state index in [4.69, 9.17) is 39.5 Å². The summed E-state index contributed by atoms with van der Waals surface area (Å²) in [5.41, 5.74) is 0.398. The van der Waals surface area contributed by atoms with E-state index in [-0.39, 0.29) is 53.1 Å². The summed E-state index contributed by atoms with van der Waals surface area (Å²) >= 11 is 20.1. The van der Waals surface area contributed by atoms with Gasteiger partial charge in [0.15, 0.2) is 0 Å². The third-order valence-corrected chi connectivity index (χ3v) is 10.9. The number of amides is 1. The molecule has 0 saturated carbocycles. The van der Waals surface area contributed by atoms with Crippen molar-refractivity contribution in [2.75, 3.05) is 35.9 Å². The fourth-order valence-corrected chi connectivity index (χ4v) is 8.33. The second-order valence-electron chi connectivity index (χ2n) is 7.49. The number of thiophene rings is 1. The van der Waals surface area contributed by atoms with Crippen molar-refractivity contribution in [1.82, 2.24) is 4.31 Å². The van der Waals surface area contributed by atoms with Crippen molar-refractivity contribution in [2.45, 2.75) is 4.90 Å². The molecule has 198 valence electrons. The second kappa shape index (κ2) is 11.9. The van der Waals surface area contributed by atoms with E-state index in [0.29, 0.717) is 18.9 Å². The van der Waals surface area contributed by atoms with E-state index >= 15 is 0 Å². The molecular weight excluding hydrogens is 673 g/mol. The molecule has 1 saturated heterocycles. The minimum absolute atomic E-state index is 0.0336. The van der Waals surface area contributed by atoms with Gasteiger partial charge in [0.2, 0.25) is 10.0 Å². The lowest BCUT2D eigenvalue weighted by molar-refractivity contribution is 0.0730. The van der Waals surface area contributed by atoms with Crippen LogP contribution in [-0.4, -0.2) is 53.7 Å². The molecular formula is C21H17BrCl3N3O6S3. The first kappa shape index (κ1) is 28.7. The zero-order valence-corrected chi connectivity index (χ0v) is 24.8. The molecule has 0 aliphatic carbocycles. The molecule has 1 aliphatic rings. The SMILES string of the molecule is O=C(Nc1ccc(S(=O)(=O)N2CCOCC2)cc1)c1cc(Cl)ccc1N(c1c(Cl)sc(Cl)c1Br)S(=O)O. The van der Waals surface area contributed by atoms with Crippen LogP contribution in [0.25, 0.3) is 0 Å². The average molecular weight is 690 g/mol. The molecule has 1 unspecified atom stereocenters. The van der Waals surface area contributed by atoms with E-state index in [0.717, 1.165) is 15.6 Å². The Kier molecular flexibility index (Phi) is 9.21. The molecule has 0 radical (unpaired) electrons. The lowest BCUT2D eigenvalue weighted by Gasteiger charge is -2.26. The second-order valence-corrected chi connectivity index (χ2v) is 13.7. The van der Waals surface area contributed by atoms with Crippen LogP contribution in [0, 0.1) is 0 Å². The molecule has 16 heteroatoms. The smallest absolute Gasteiger partial charge is 0.266 e. The molecule has 1 aromatic heterocycles. The fraction of sp³-hybridized carbons (Fsp3) is 0.190. The topological polar surface area (TPSA) is 116 Å². The van der Waals surface area contributed by atoms with Crippen molar-refractivity contribution >= 4 is 106 Å². The van der Waals surface area contributed by atoms with Crippen molar-refractivity contribution in [3.8, 4) is 0 Å². The van der Waals surface area contributed by atoms with Gasteiger partial charge in [0.1, 0.15) is 14.4 Å². The molecule has 4 rings (SSSR count). The molecule has 1 aliphatic heterocycles. The Morgan fingerprint density at radius 2 is 1.76 bits per heavy atom. The van der Waals surface area contributed by atoms with Crippen LogP contribution in [0.2, 0.25) is 13.7 Å². The Hall–Kier alpha value is -1.26. The lowest BCUT2D eigenvalue weighted by Crippen LogP contribution is -2.40. The number of nitrogens with zero attached hydrogens (tertiary/aromatic N) is 2. The number of nitrogens with one attached hydrogen (secondary N) is 1. The number of rotatable bonds is 7. The number of hydrogen-bond donors (Lipinski definition) is 2. The first-order valence-electron chi connectivity index (χ1n) is 10.3. The Labute approximate surface area is 242 Å². The molecule has 1 amide bonds. The Bertz CT molecular complexity index is 1460. The molecule has 0 spiro atoms. The fourth-order valence-electron chi connectivity index (χ4n) is 3.51. The summed E-state index contributed by atoms with van der Waals surface area (Å²) in [7, 11) is -3.70. The van der Waals surface area contributed by atoms with Crippen molar-refractivity contribution in [3.63, 3.8) is 0 Å². The van der Waals surface area contributed by atoms with Gasteiger partial charge in [0.25, 0.3) is 17.2 Å². The Morgan fingerprint density at radius 1 is 1.11 bits per heavy atom. The summed E-state index contributed by atoms with van der Waals surface area (Å²) in [5.74, 6) is -0.662. The summed E-state index contributed by atoms with van der Waals surface area (Å²) in [6.45, 7) is 1.17. The predicted octanol–water partition coefficient (Wildman–Crippen LogP) is 6.02. The van der Waals surface area contributed by atoms with E-state index in [2.05, 4.69) is 21.2 Å². The first-order chi connectivity index (χ1) is 17.5. The van der Waals surface area contributed by atoms with Gasteiger partial charge in [0.05, 0.1) is 33.8 Å². The molecule has 2 heterocycles. The van der Waals surface area contributed by atoms with Gasteiger partial charge in [-0.05, 0) is 58.4 Å². The standard InChI is InChI=1S/C21H17BrCl3N3O6S3/c22-17-18(20(25)35-19(17)24)28(36(30)31)16-6-1-12(23)11-15(16)21(29)26-13-2-4-14(5-3-13)37(32,33)27-7-9-34-10-8-27/h1-6,11H,7-10H2,(H,26,29)(H,30,31). The Balaban J connectivity index is 1.64. The number of sulfonamides is 1.